The maximum Gasteiger partial charge on any atom is 0.218 e. The van der Waals surface area contributed by atoms with Gasteiger partial charge < -0.3 is 10.6 Å². The van der Waals surface area contributed by atoms with E-state index >= 15 is 0 Å². The van der Waals surface area contributed by atoms with Crippen molar-refractivity contribution in [3.63, 3.8) is 0 Å². The SMILES string of the molecule is CCC1CN(S(=O)(=O)Cc2ccccc2CN)CCN1C. The number of likely N-dealkylation sites (N-methyl/N-ethyl adjacent to an activating group) is 1. The summed E-state index contributed by atoms with van der Waals surface area (Å²) >= 11 is 0. The largest absolute Gasteiger partial charge is 0.326 e. The molecule has 1 aromatic carbocycles. The van der Waals surface area contributed by atoms with Gasteiger partial charge in [0.25, 0.3) is 0 Å². The van der Waals surface area contributed by atoms with Gasteiger partial charge in [-0.3, -0.25) is 0 Å². The lowest BCUT2D eigenvalue weighted by Crippen LogP contribution is -2.53. The molecule has 0 spiro atoms. The van der Waals surface area contributed by atoms with Crippen molar-refractivity contribution in [2.45, 2.75) is 31.7 Å². The van der Waals surface area contributed by atoms with E-state index in [-0.39, 0.29) is 5.75 Å². The lowest BCUT2D eigenvalue weighted by Gasteiger charge is -2.38. The second-order valence-electron chi connectivity index (χ2n) is 5.63. The fourth-order valence-corrected chi connectivity index (χ4v) is 4.41. The van der Waals surface area contributed by atoms with Crippen molar-refractivity contribution >= 4 is 10.0 Å². The monoisotopic (exact) mass is 311 g/mol. The maximum atomic E-state index is 12.7. The van der Waals surface area contributed by atoms with Crippen molar-refractivity contribution in [3.05, 3.63) is 35.4 Å². The van der Waals surface area contributed by atoms with E-state index in [2.05, 4.69) is 18.9 Å². The van der Waals surface area contributed by atoms with Crippen molar-refractivity contribution in [1.29, 1.82) is 0 Å². The van der Waals surface area contributed by atoms with Crippen LogP contribution >= 0.6 is 0 Å². The summed E-state index contributed by atoms with van der Waals surface area (Å²) in [4.78, 5) is 2.24. The minimum absolute atomic E-state index is 0.0422. The smallest absolute Gasteiger partial charge is 0.218 e. The summed E-state index contributed by atoms with van der Waals surface area (Å²) in [6, 6.07) is 7.80. The molecule has 6 heteroatoms. The van der Waals surface area contributed by atoms with Crippen LogP contribution in [0.25, 0.3) is 0 Å². The van der Waals surface area contributed by atoms with Gasteiger partial charge >= 0.3 is 0 Å². The number of rotatable bonds is 5. The molecule has 1 saturated heterocycles. The standard InChI is InChI=1S/C15H25N3O2S/c1-3-15-11-18(9-8-17(15)2)21(19,20)12-14-7-5-4-6-13(14)10-16/h4-7,15H,3,8-12,16H2,1-2H3. The predicted molar refractivity (Wildman–Crippen MR) is 85.2 cm³/mol. The molecule has 21 heavy (non-hydrogen) atoms. The normalized spacial score (nSPS) is 21.6. The van der Waals surface area contributed by atoms with E-state index in [9.17, 15) is 8.42 Å². The van der Waals surface area contributed by atoms with Crippen LogP contribution in [0, 0.1) is 0 Å². The molecule has 118 valence electrons. The average Bonchev–Trinajstić information content (AvgIpc) is 2.47. The number of nitrogens with two attached hydrogens (primary N) is 1. The summed E-state index contributed by atoms with van der Waals surface area (Å²) in [7, 11) is -1.23. The molecule has 1 fully saturated rings. The Morgan fingerprint density at radius 1 is 1.24 bits per heavy atom. The van der Waals surface area contributed by atoms with E-state index in [1.165, 1.54) is 0 Å². The van der Waals surface area contributed by atoms with Crippen molar-refractivity contribution in [1.82, 2.24) is 9.21 Å². The van der Waals surface area contributed by atoms with Crippen LogP contribution in [0.15, 0.2) is 24.3 Å². The highest BCUT2D eigenvalue weighted by Gasteiger charge is 2.31. The lowest BCUT2D eigenvalue weighted by atomic mass is 10.1. The molecule has 1 unspecified atom stereocenters. The molecular weight excluding hydrogens is 286 g/mol. The molecule has 0 aliphatic carbocycles. The maximum absolute atomic E-state index is 12.7. The highest BCUT2D eigenvalue weighted by atomic mass is 32.2. The molecule has 1 heterocycles. The van der Waals surface area contributed by atoms with Gasteiger partial charge in [0.05, 0.1) is 5.75 Å². The van der Waals surface area contributed by atoms with E-state index in [0.29, 0.717) is 25.7 Å². The Bertz CT molecular complexity index is 574. The predicted octanol–water partition coefficient (Wildman–Crippen LogP) is 1.00. The number of hydrogen-bond acceptors (Lipinski definition) is 4. The van der Waals surface area contributed by atoms with Crippen molar-refractivity contribution in [2.24, 2.45) is 5.73 Å². The van der Waals surface area contributed by atoms with E-state index in [1.54, 1.807) is 4.31 Å². The molecule has 1 aromatic rings. The zero-order chi connectivity index (χ0) is 15.5. The molecule has 0 aromatic heterocycles. The van der Waals surface area contributed by atoms with E-state index in [0.717, 1.165) is 24.1 Å². The Balaban J connectivity index is 2.15. The summed E-state index contributed by atoms with van der Waals surface area (Å²) in [6.07, 6.45) is 0.960. The topological polar surface area (TPSA) is 66.6 Å². The van der Waals surface area contributed by atoms with Crippen molar-refractivity contribution in [2.75, 3.05) is 26.7 Å². The van der Waals surface area contributed by atoms with Gasteiger partial charge in [0, 0.05) is 32.2 Å². The molecule has 2 N–H and O–H groups in total. The van der Waals surface area contributed by atoms with Crippen LogP contribution in [0.1, 0.15) is 24.5 Å². The Morgan fingerprint density at radius 2 is 1.90 bits per heavy atom. The summed E-state index contributed by atoms with van der Waals surface area (Å²) in [5.74, 6) is 0.0422. The lowest BCUT2D eigenvalue weighted by molar-refractivity contribution is 0.144. The van der Waals surface area contributed by atoms with Crippen LogP contribution in [-0.2, 0) is 22.3 Å². The van der Waals surface area contributed by atoms with Crippen LogP contribution in [0.2, 0.25) is 0 Å². The first-order chi connectivity index (χ1) is 9.97. The van der Waals surface area contributed by atoms with Crippen molar-refractivity contribution in [3.8, 4) is 0 Å². The van der Waals surface area contributed by atoms with Crippen LogP contribution in [-0.4, -0.2) is 50.3 Å². The highest BCUT2D eigenvalue weighted by Crippen LogP contribution is 2.19. The zero-order valence-corrected chi connectivity index (χ0v) is 13.6. The van der Waals surface area contributed by atoms with Gasteiger partial charge in [-0.15, -0.1) is 0 Å². The second kappa shape index (κ2) is 6.87. The fourth-order valence-electron chi connectivity index (χ4n) is 2.80. The first-order valence-electron chi connectivity index (χ1n) is 7.42. The van der Waals surface area contributed by atoms with E-state index < -0.39 is 10.0 Å². The van der Waals surface area contributed by atoms with Gasteiger partial charge in [0.15, 0.2) is 0 Å². The summed E-state index contributed by atoms with van der Waals surface area (Å²) in [5, 5.41) is 0. The van der Waals surface area contributed by atoms with Crippen molar-refractivity contribution < 1.29 is 8.42 Å². The molecule has 1 atom stereocenters. The third kappa shape index (κ3) is 3.83. The van der Waals surface area contributed by atoms with Crippen LogP contribution in [0.5, 0.6) is 0 Å². The molecule has 1 aliphatic rings. The summed E-state index contributed by atoms with van der Waals surface area (Å²) in [6.45, 7) is 4.41. The Hall–Kier alpha value is -0.950. The van der Waals surface area contributed by atoms with Crippen LogP contribution < -0.4 is 5.73 Å². The number of piperazine rings is 1. The minimum atomic E-state index is -3.28. The average molecular weight is 311 g/mol. The zero-order valence-electron chi connectivity index (χ0n) is 12.8. The molecule has 0 bridgehead atoms. The van der Waals surface area contributed by atoms with E-state index in [1.807, 2.05) is 24.3 Å². The third-order valence-corrected chi connectivity index (χ3v) is 6.07. The molecule has 2 rings (SSSR count). The Kier molecular flexibility index (Phi) is 5.37. The number of hydrogen-bond donors (Lipinski definition) is 1. The number of benzene rings is 1. The van der Waals surface area contributed by atoms with Gasteiger partial charge in [0.2, 0.25) is 10.0 Å². The molecule has 0 saturated carbocycles. The molecule has 5 nitrogen and oxygen atoms in total. The highest BCUT2D eigenvalue weighted by molar-refractivity contribution is 7.88. The minimum Gasteiger partial charge on any atom is -0.326 e. The number of nitrogens with zero attached hydrogens (tertiary/aromatic N) is 2. The first-order valence-corrected chi connectivity index (χ1v) is 9.03. The Morgan fingerprint density at radius 3 is 2.52 bits per heavy atom. The van der Waals surface area contributed by atoms with Gasteiger partial charge in [-0.2, -0.15) is 4.31 Å². The first kappa shape index (κ1) is 16.4. The molecule has 1 aliphatic heterocycles. The van der Waals surface area contributed by atoms with E-state index in [4.69, 9.17) is 5.73 Å². The molecular formula is C15H25N3O2S. The van der Waals surface area contributed by atoms with Gasteiger partial charge in [-0.05, 0) is 24.6 Å². The third-order valence-electron chi connectivity index (χ3n) is 4.28. The summed E-state index contributed by atoms with van der Waals surface area (Å²) < 4.78 is 26.9. The molecule has 0 amide bonds. The fraction of sp³-hybridized carbons (Fsp3) is 0.600. The second-order valence-corrected chi connectivity index (χ2v) is 7.60. The van der Waals surface area contributed by atoms with Crippen LogP contribution in [0.3, 0.4) is 0 Å². The quantitative estimate of drug-likeness (QED) is 0.881. The Labute approximate surface area is 127 Å². The molecule has 0 radical (unpaired) electrons. The van der Waals surface area contributed by atoms with Gasteiger partial charge in [0.1, 0.15) is 0 Å². The summed E-state index contributed by atoms with van der Waals surface area (Å²) in [5.41, 5.74) is 7.41. The van der Waals surface area contributed by atoms with Crippen LogP contribution in [0.4, 0.5) is 0 Å². The number of sulfonamides is 1. The van der Waals surface area contributed by atoms with Gasteiger partial charge in [-0.25, -0.2) is 8.42 Å². The van der Waals surface area contributed by atoms with Gasteiger partial charge in [-0.1, -0.05) is 31.2 Å².